The van der Waals surface area contributed by atoms with Crippen molar-refractivity contribution in [3.8, 4) is 0 Å². The first-order chi connectivity index (χ1) is 15.3. The number of ether oxygens (including phenoxy) is 1. The van der Waals surface area contributed by atoms with Gasteiger partial charge in [0.1, 0.15) is 5.44 Å². The standard InChI is InChI=1S/C24H33N3O3SSi/c1-17-22(28)21(26-27-25)20(30-23(17)31-5)16-29-32(24(2,3)4,18-12-8-6-9-13-18)19-14-10-7-11-15-19/h6-15,17,20-23,28H,16H2,1-5H3/t17?,20?,21-,22+,23-/m0/s1. The number of thioether (sulfide) groups is 1. The van der Waals surface area contributed by atoms with E-state index in [4.69, 9.17) is 14.7 Å². The Kier molecular flexibility index (Phi) is 8.09. The topological polar surface area (TPSA) is 87.5 Å². The molecule has 0 saturated carbocycles. The predicted molar refractivity (Wildman–Crippen MR) is 134 cm³/mol. The van der Waals surface area contributed by atoms with Crippen LogP contribution < -0.4 is 10.4 Å². The largest absolute Gasteiger partial charge is 0.405 e. The van der Waals surface area contributed by atoms with Gasteiger partial charge in [0, 0.05) is 10.8 Å². The molecule has 0 spiro atoms. The molecule has 5 atom stereocenters. The molecule has 1 saturated heterocycles. The van der Waals surface area contributed by atoms with Crippen molar-refractivity contribution in [3.05, 3.63) is 71.1 Å². The van der Waals surface area contributed by atoms with E-state index in [0.717, 1.165) is 0 Å². The van der Waals surface area contributed by atoms with E-state index in [9.17, 15) is 5.11 Å². The van der Waals surface area contributed by atoms with E-state index in [1.54, 1.807) is 11.8 Å². The second-order valence-electron chi connectivity index (χ2n) is 9.30. The summed E-state index contributed by atoms with van der Waals surface area (Å²) in [6, 6.07) is 20.1. The molecular formula is C24H33N3O3SSi. The lowest BCUT2D eigenvalue weighted by molar-refractivity contribution is -0.120. The second-order valence-corrected chi connectivity index (χ2v) is 14.5. The van der Waals surface area contributed by atoms with Crippen molar-refractivity contribution < 1.29 is 14.3 Å². The monoisotopic (exact) mass is 471 g/mol. The zero-order valence-corrected chi connectivity index (χ0v) is 21.2. The molecule has 1 N–H and O–H groups in total. The van der Waals surface area contributed by atoms with E-state index >= 15 is 0 Å². The third-order valence-electron chi connectivity index (χ3n) is 6.31. The van der Waals surface area contributed by atoms with Crippen LogP contribution in [0.25, 0.3) is 10.4 Å². The summed E-state index contributed by atoms with van der Waals surface area (Å²) < 4.78 is 13.3. The van der Waals surface area contributed by atoms with E-state index in [1.165, 1.54) is 10.4 Å². The molecular weight excluding hydrogens is 438 g/mol. The second kappa shape index (κ2) is 10.4. The van der Waals surface area contributed by atoms with Crippen LogP contribution in [0.1, 0.15) is 27.7 Å². The highest BCUT2D eigenvalue weighted by molar-refractivity contribution is 7.99. The van der Waals surface area contributed by atoms with Gasteiger partial charge in [-0.2, -0.15) is 0 Å². The summed E-state index contributed by atoms with van der Waals surface area (Å²) in [5, 5.41) is 16.9. The van der Waals surface area contributed by atoms with Crippen LogP contribution in [0.15, 0.2) is 65.8 Å². The molecule has 0 amide bonds. The Balaban J connectivity index is 2.04. The van der Waals surface area contributed by atoms with E-state index in [1.807, 2.05) is 49.6 Å². The number of hydrogen-bond donors (Lipinski definition) is 1. The van der Waals surface area contributed by atoms with Crippen LogP contribution in [-0.4, -0.2) is 50.0 Å². The molecule has 1 heterocycles. The van der Waals surface area contributed by atoms with Crippen molar-refractivity contribution >= 4 is 30.5 Å². The Morgan fingerprint density at radius 1 is 1.09 bits per heavy atom. The highest BCUT2D eigenvalue weighted by atomic mass is 32.2. The average Bonchev–Trinajstić information content (AvgIpc) is 2.79. The van der Waals surface area contributed by atoms with Crippen molar-refractivity contribution in [2.45, 2.75) is 56.4 Å². The number of rotatable bonds is 7. The molecule has 0 bridgehead atoms. The minimum atomic E-state index is -2.76. The molecule has 1 aliphatic rings. The normalized spacial score (nSPS) is 26.4. The fraction of sp³-hybridized carbons (Fsp3) is 0.500. The van der Waals surface area contributed by atoms with Gasteiger partial charge in [-0.3, -0.25) is 0 Å². The minimum Gasteiger partial charge on any atom is -0.405 e. The van der Waals surface area contributed by atoms with Crippen LogP contribution >= 0.6 is 11.8 Å². The molecule has 2 aromatic carbocycles. The van der Waals surface area contributed by atoms with Gasteiger partial charge >= 0.3 is 0 Å². The third-order valence-corrected chi connectivity index (χ3v) is 12.3. The molecule has 2 aromatic rings. The van der Waals surface area contributed by atoms with Crippen molar-refractivity contribution in [1.29, 1.82) is 0 Å². The first-order valence-electron chi connectivity index (χ1n) is 10.9. The number of benzene rings is 2. The number of aliphatic hydroxyl groups is 1. The molecule has 32 heavy (non-hydrogen) atoms. The molecule has 0 aliphatic carbocycles. The summed E-state index contributed by atoms with van der Waals surface area (Å²) in [6.45, 7) is 8.80. The maximum absolute atomic E-state index is 10.9. The van der Waals surface area contributed by atoms with Gasteiger partial charge < -0.3 is 14.3 Å². The Morgan fingerprint density at radius 2 is 1.62 bits per heavy atom. The summed E-state index contributed by atoms with van der Waals surface area (Å²) in [5.74, 6) is -0.149. The van der Waals surface area contributed by atoms with E-state index in [2.05, 4.69) is 55.1 Å². The Bertz CT molecular complexity index is 880. The quantitative estimate of drug-likeness (QED) is 0.282. The molecule has 3 rings (SSSR count). The van der Waals surface area contributed by atoms with Gasteiger partial charge in [0.2, 0.25) is 0 Å². The zero-order chi connectivity index (χ0) is 23.4. The van der Waals surface area contributed by atoms with Crippen molar-refractivity contribution in [1.82, 2.24) is 0 Å². The number of nitrogens with zero attached hydrogens (tertiary/aromatic N) is 3. The van der Waals surface area contributed by atoms with E-state index in [0.29, 0.717) is 0 Å². The lowest BCUT2D eigenvalue weighted by Gasteiger charge is -2.46. The lowest BCUT2D eigenvalue weighted by Crippen LogP contribution is -2.67. The maximum Gasteiger partial charge on any atom is 0.261 e. The van der Waals surface area contributed by atoms with Crippen molar-refractivity contribution in [3.63, 3.8) is 0 Å². The van der Waals surface area contributed by atoms with Crippen LogP contribution in [0.4, 0.5) is 0 Å². The first-order valence-corrected chi connectivity index (χ1v) is 14.1. The van der Waals surface area contributed by atoms with Crippen LogP contribution in [0.3, 0.4) is 0 Å². The minimum absolute atomic E-state index is 0.149. The van der Waals surface area contributed by atoms with Gasteiger partial charge in [0.15, 0.2) is 0 Å². The SMILES string of the molecule is CS[C@@H]1OC(CO[Si](c2ccccc2)(c2ccccc2)C(C)(C)C)[C@H](N=[N+]=[N-])[C@H](O)C1C. The fourth-order valence-corrected chi connectivity index (χ4v) is 10.1. The molecule has 6 nitrogen and oxygen atoms in total. The van der Waals surface area contributed by atoms with Gasteiger partial charge in [-0.15, -0.1) is 11.8 Å². The average molecular weight is 472 g/mol. The number of hydrogen-bond acceptors (Lipinski definition) is 5. The van der Waals surface area contributed by atoms with Gasteiger partial charge in [-0.05, 0) is 27.2 Å². The van der Waals surface area contributed by atoms with E-state index in [-0.39, 0.29) is 23.0 Å². The predicted octanol–water partition coefficient (Wildman–Crippen LogP) is 4.33. The summed E-state index contributed by atoms with van der Waals surface area (Å²) in [4.78, 5) is 2.99. The molecule has 2 unspecified atom stereocenters. The van der Waals surface area contributed by atoms with Crippen molar-refractivity contribution in [2.24, 2.45) is 11.0 Å². The smallest absolute Gasteiger partial charge is 0.261 e. The fourth-order valence-electron chi connectivity index (χ4n) is 4.65. The molecule has 172 valence electrons. The number of azide groups is 1. The maximum atomic E-state index is 10.9. The molecule has 0 aromatic heterocycles. The summed E-state index contributed by atoms with van der Waals surface area (Å²) in [5.41, 5.74) is 8.94. The molecule has 8 heteroatoms. The van der Waals surface area contributed by atoms with Crippen LogP contribution in [0.5, 0.6) is 0 Å². The summed E-state index contributed by atoms with van der Waals surface area (Å²) in [7, 11) is -2.76. The third kappa shape index (κ3) is 4.76. The Labute approximate surface area is 196 Å². The zero-order valence-electron chi connectivity index (χ0n) is 19.4. The number of aliphatic hydroxyl groups excluding tert-OH is 1. The van der Waals surface area contributed by atoms with Crippen LogP contribution in [-0.2, 0) is 9.16 Å². The highest BCUT2D eigenvalue weighted by Crippen LogP contribution is 2.38. The lowest BCUT2D eigenvalue weighted by atomic mass is 9.92. The molecule has 1 aliphatic heterocycles. The van der Waals surface area contributed by atoms with Gasteiger partial charge in [0.05, 0.1) is 24.9 Å². The van der Waals surface area contributed by atoms with E-state index < -0.39 is 26.6 Å². The Hall–Kier alpha value is -1.80. The highest BCUT2D eigenvalue weighted by Gasteiger charge is 2.51. The van der Waals surface area contributed by atoms with Crippen LogP contribution in [0, 0.1) is 5.92 Å². The molecule has 0 radical (unpaired) electrons. The Morgan fingerprint density at radius 3 is 2.06 bits per heavy atom. The summed E-state index contributed by atoms with van der Waals surface area (Å²) >= 11 is 1.55. The molecule has 1 fully saturated rings. The van der Waals surface area contributed by atoms with Crippen molar-refractivity contribution in [2.75, 3.05) is 12.9 Å². The van der Waals surface area contributed by atoms with Gasteiger partial charge in [-0.25, -0.2) is 0 Å². The first kappa shape index (κ1) is 24.8. The summed E-state index contributed by atoms with van der Waals surface area (Å²) in [6.07, 6.45) is 0.642. The van der Waals surface area contributed by atoms with Crippen LogP contribution in [0.2, 0.25) is 5.04 Å². The van der Waals surface area contributed by atoms with Gasteiger partial charge in [-0.1, -0.05) is 93.5 Å². The van der Waals surface area contributed by atoms with Gasteiger partial charge in [0.25, 0.3) is 8.32 Å².